The summed E-state index contributed by atoms with van der Waals surface area (Å²) in [6.07, 6.45) is 0.341. The zero-order valence-electron chi connectivity index (χ0n) is 18.5. The Morgan fingerprint density at radius 2 is 1.64 bits per heavy atom. The number of carboxylic acid groups (broad SMARTS) is 1. The highest BCUT2D eigenvalue weighted by Gasteiger charge is 2.38. The summed E-state index contributed by atoms with van der Waals surface area (Å²) >= 11 is 0. The Kier molecular flexibility index (Phi) is 6.93. The lowest BCUT2D eigenvalue weighted by molar-refractivity contribution is -0.163. The molecule has 0 aromatic heterocycles. The summed E-state index contributed by atoms with van der Waals surface area (Å²) in [5.74, 6) is -2.25. The van der Waals surface area contributed by atoms with Crippen molar-refractivity contribution < 1.29 is 29.1 Å². The van der Waals surface area contributed by atoms with Crippen molar-refractivity contribution >= 4 is 18.0 Å². The Morgan fingerprint density at radius 1 is 1.03 bits per heavy atom. The first kappa shape index (κ1) is 22.8. The highest BCUT2D eigenvalue weighted by atomic mass is 16.7. The highest BCUT2D eigenvalue weighted by Crippen LogP contribution is 2.44. The predicted molar refractivity (Wildman–Crippen MR) is 120 cm³/mol. The molecule has 8 nitrogen and oxygen atoms in total. The second-order valence-corrected chi connectivity index (χ2v) is 8.49. The second-order valence-electron chi connectivity index (χ2n) is 8.49. The monoisotopic (exact) mass is 452 g/mol. The van der Waals surface area contributed by atoms with Crippen LogP contribution >= 0.6 is 0 Å². The van der Waals surface area contributed by atoms with Crippen molar-refractivity contribution in [2.45, 2.75) is 38.2 Å². The van der Waals surface area contributed by atoms with E-state index in [9.17, 15) is 19.5 Å². The van der Waals surface area contributed by atoms with Gasteiger partial charge >= 0.3 is 12.1 Å². The van der Waals surface area contributed by atoms with Gasteiger partial charge in [-0.3, -0.25) is 9.63 Å². The van der Waals surface area contributed by atoms with E-state index in [0.717, 1.165) is 35.1 Å². The summed E-state index contributed by atoms with van der Waals surface area (Å²) in [5.41, 5.74) is 6.79. The molecule has 0 radical (unpaired) electrons. The topological polar surface area (TPSA) is 114 Å². The standard InChI is InChI=1S/C25H28N2O6/c1-2-15(23(28)27-33-22(24(29)30)16-11-12-16)13-26-25(31)32-14-21-19-9-5-3-7-17(19)18-8-4-6-10-20(18)21/h3-10,15-16,21-22H,2,11-14H2,1H3,(H,26,31)(H,27,28)(H,29,30). The molecule has 2 unspecified atom stereocenters. The van der Waals surface area contributed by atoms with Crippen LogP contribution in [0.4, 0.5) is 4.79 Å². The number of hydrogen-bond acceptors (Lipinski definition) is 5. The Balaban J connectivity index is 1.27. The van der Waals surface area contributed by atoms with Crippen LogP contribution in [0.1, 0.15) is 43.2 Å². The van der Waals surface area contributed by atoms with Crippen molar-refractivity contribution in [3.8, 4) is 11.1 Å². The SMILES string of the molecule is CCC(CNC(=O)OCC1c2ccccc2-c2ccccc21)C(=O)NOC(C(=O)O)C1CC1. The molecule has 1 fully saturated rings. The molecule has 0 saturated heterocycles. The number of amides is 2. The van der Waals surface area contributed by atoms with Gasteiger partial charge in [-0.15, -0.1) is 0 Å². The molecule has 0 aliphatic heterocycles. The summed E-state index contributed by atoms with van der Waals surface area (Å²) in [5, 5.41) is 11.8. The van der Waals surface area contributed by atoms with E-state index in [1.807, 2.05) is 36.4 Å². The van der Waals surface area contributed by atoms with Crippen molar-refractivity contribution in [3.05, 3.63) is 59.7 Å². The number of fused-ring (bicyclic) bond motifs is 3. The number of alkyl carbamates (subject to hydrolysis) is 1. The van der Waals surface area contributed by atoms with Crippen LogP contribution in [0.2, 0.25) is 0 Å². The fourth-order valence-electron chi connectivity index (χ4n) is 4.23. The number of ether oxygens (including phenoxy) is 1. The van der Waals surface area contributed by atoms with Crippen molar-refractivity contribution in [2.24, 2.45) is 11.8 Å². The predicted octanol–water partition coefficient (Wildman–Crippen LogP) is 3.46. The van der Waals surface area contributed by atoms with E-state index in [-0.39, 0.29) is 25.0 Å². The molecular weight excluding hydrogens is 424 g/mol. The third-order valence-corrected chi connectivity index (χ3v) is 6.28. The summed E-state index contributed by atoms with van der Waals surface area (Å²) in [6.45, 7) is 2.05. The minimum Gasteiger partial charge on any atom is -0.479 e. The average Bonchev–Trinajstić information content (AvgIpc) is 3.60. The van der Waals surface area contributed by atoms with Crippen LogP contribution in [0.3, 0.4) is 0 Å². The number of benzene rings is 2. The number of nitrogens with one attached hydrogen (secondary N) is 2. The smallest absolute Gasteiger partial charge is 0.407 e. The van der Waals surface area contributed by atoms with Gasteiger partial charge in [0.15, 0.2) is 6.10 Å². The summed E-state index contributed by atoms with van der Waals surface area (Å²) < 4.78 is 5.49. The maximum Gasteiger partial charge on any atom is 0.407 e. The number of aliphatic carboxylic acids is 1. The molecule has 0 heterocycles. The minimum absolute atomic E-state index is 0.0443. The first-order valence-electron chi connectivity index (χ1n) is 11.3. The van der Waals surface area contributed by atoms with Crippen LogP contribution < -0.4 is 10.8 Å². The molecule has 174 valence electrons. The van der Waals surface area contributed by atoms with Crippen LogP contribution in [0.15, 0.2) is 48.5 Å². The molecule has 2 aromatic carbocycles. The minimum atomic E-state index is -1.09. The third kappa shape index (κ3) is 5.17. The number of carboxylic acids is 1. The number of hydrogen-bond donors (Lipinski definition) is 3. The van der Waals surface area contributed by atoms with E-state index < -0.39 is 30.0 Å². The highest BCUT2D eigenvalue weighted by molar-refractivity contribution is 5.80. The molecule has 2 aromatic rings. The van der Waals surface area contributed by atoms with Gasteiger partial charge in [-0.2, -0.15) is 0 Å². The van der Waals surface area contributed by atoms with E-state index >= 15 is 0 Å². The maximum atomic E-state index is 12.4. The van der Waals surface area contributed by atoms with E-state index in [2.05, 4.69) is 22.9 Å². The summed E-state index contributed by atoms with van der Waals surface area (Å²) in [7, 11) is 0. The van der Waals surface area contributed by atoms with E-state index in [1.54, 1.807) is 6.92 Å². The molecule has 2 aliphatic carbocycles. The van der Waals surface area contributed by atoms with Gasteiger partial charge in [-0.25, -0.2) is 15.1 Å². The molecule has 2 amide bonds. The van der Waals surface area contributed by atoms with E-state index in [1.165, 1.54) is 0 Å². The lowest BCUT2D eigenvalue weighted by Crippen LogP contribution is -2.42. The van der Waals surface area contributed by atoms with Crippen molar-refractivity contribution in [2.75, 3.05) is 13.2 Å². The normalized spacial score (nSPS) is 16.3. The van der Waals surface area contributed by atoms with Crippen LogP contribution in [0.25, 0.3) is 11.1 Å². The molecule has 8 heteroatoms. The fraction of sp³-hybridized carbons (Fsp3) is 0.400. The maximum absolute atomic E-state index is 12.4. The van der Waals surface area contributed by atoms with Crippen LogP contribution in [0.5, 0.6) is 0 Å². The molecule has 2 atom stereocenters. The Hall–Kier alpha value is -3.39. The number of carbonyl (C=O) groups excluding carboxylic acids is 2. The third-order valence-electron chi connectivity index (χ3n) is 6.28. The first-order valence-corrected chi connectivity index (χ1v) is 11.3. The van der Waals surface area contributed by atoms with E-state index in [4.69, 9.17) is 9.57 Å². The van der Waals surface area contributed by atoms with Crippen LogP contribution in [0, 0.1) is 11.8 Å². The van der Waals surface area contributed by atoms with Gasteiger partial charge in [0.05, 0.1) is 5.92 Å². The molecular formula is C25H28N2O6. The van der Waals surface area contributed by atoms with Gasteiger partial charge in [-0.1, -0.05) is 55.5 Å². The Labute approximate surface area is 192 Å². The summed E-state index contributed by atoms with van der Waals surface area (Å²) in [6, 6.07) is 16.2. The van der Waals surface area contributed by atoms with Crippen molar-refractivity contribution in [3.63, 3.8) is 0 Å². The number of rotatable bonds is 10. The first-order chi connectivity index (χ1) is 16.0. The van der Waals surface area contributed by atoms with Gasteiger partial charge < -0.3 is 15.2 Å². The second kappa shape index (κ2) is 10.0. The van der Waals surface area contributed by atoms with E-state index in [0.29, 0.717) is 6.42 Å². The molecule has 0 spiro atoms. The van der Waals surface area contributed by atoms with Gasteiger partial charge in [0.1, 0.15) is 6.61 Å². The lowest BCUT2D eigenvalue weighted by atomic mass is 9.98. The molecule has 33 heavy (non-hydrogen) atoms. The number of hydroxylamine groups is 1. The fourth-order valence-corrected chi connectivity index (χ4v) is 4.23. The summed E-state index contributed by atoms with van der Waals surface area (Å²) in [4.78, 5) is 41.1. The molecule has 2 aliphatic rings. The Bertz CT molecular complexity index is 990. The number of carbonyl (C=O) groups is 3. The molecule has 0 bridgehead atoms. The van der Waals surface area contributed by atoms with Crippen LogP contribution in [-0.4, -0.2) is 42.3 Å². The zero-order valence-corrected chi connectivity index (χ0v) is 18.5. The largest absolute Gasteiger partial charge is 0.479 e. The lowest BCUT2D eigenvalue weighted by Gasteiger charge is -2.19. The quantitative estimate of drug-likeness (QED) is 0.476. The van der Waals surface area contributed by atoms with Crippen molar-refractivity contribution in [1.82, 2.24) is 10.8 Å². The zero-order chi connectivity index (χ0) is 23.4. The molecule has 4 rings (SSSR count). The van der Waals surface area contributed by atoms with Gasteiger partial charge in [0.25, 0.3) is 0 Å². The van der Waals surface area contributed by atoms with Crippen LogP contribution in [-0.2, 0) is 19.2 Å². The molecule has 1 saturated carbocycles. The van der Waals surface area contributed by atoms with Gasteiger partial charge in [0, 0.05) is 12.5 Å². The Morgan fingerprint density at radius 3 is 2.18 bits per heavy atom. The van der Waals surface area contributed by atoms with Crippen molar-refractivity contribution in [1.29, 1.82) is 0 Å². The van der Waals surface area contributed by atoms with Gasteiger partial charge in [0.2, 0.25) is 5.91 Å². The molecule has 3 N–H and O–H groups in total. The average molecular weight is 453 g/mol. The van der Waals surface area contributed by atoms with Gasteiger partial charge in [-0.05, 0) is 47.4 Å².